The minimum absolute atomic E-state index is 0.205. The van der Waals surface area contributed by atoms with Crippen LogP contribution >= 0.6 is 24.0 Å². The predicted octanol–water partition coefficient (Wildman–Crippen LogP) is 3.53. The fourth-order valence-electron chi connectivity index (χ4n) is 2.31. The molecule has 1 heterocycles. The maximum atomic E-state index is 12.6. The van der Waals surface area contributed by atoms with Crippen LogP contribution in [-0.2, 0) is 4.74 Å². The van der Waals surface area contributed by atoms with Crippen molar-refractivity contribution in [2.24, 2.45) is 0 Å². The number of methoxy groups -OCH3 is 1. The molecule has 0 aromatic heterocycles. The van der Waals surface area contributed by atoms with Gasteiger partial charge in [0.05, 0.1) is 24.9 Å². The molecule has 7 heteroatoms. The Balaban J connectivity index is 2.52. The highest BCUT2D eigenvalue weighted by Crippen LogP contribution is 2.41. The Labute approximate surface area is 140 Å². The Hall–Kier alpha value is -1.47. The summed E-state index contributed by atoms with van der Waals surface area (Å²) in [5, 5.41) is 3.20. The Morgan fingerprint density at radius 1 is 1.50 bits per heavy atom. The van der Waals surface area contributed by atoms with Crippen LogP contribution in [0.5, 0.6) is 5.75 Å². The molecule has 0 bridgehead atoms. The van der Waals surface area contributed by atoms with Crippen LogP contribution in [0.15, 0.2) is 18.2 Å². The molecule has 1 atom stereocenters. The van der Waals surface area contributed by atoms with Crippen molar-refractivity contribution in [3.05, 3.63) is 18.2 Å². The number of fused-ring (bicyclic) bond motifs is 1. The lowest BCUT2D eigenvalue weighted by molar-refractivity contribution is 0.122. The minimum Gasteiger partial charge on any atom is -0.494 e. The van der Waals surface area contributed by atoms with E-state index in [0.29, 0.717) is 22.2 Å². The lowest BCUT2D eigenvalue weighted by atomic mass is 10.1. The molecule has 0 radical (unpaired) electrons. The predicted molar refractivity (Wildman–Crippen MR) is 95.5 cm³/mol. The molecule has 1 amide bonds. The average Bonchev–Trinajstić information content (AvgIpc) is 2.46. The number of carbonyl (C=O) groups is 1. The fraction of sp³-hybridized carbons (Fsp3) is 0.467. The molecule has 0 saturated heterocycles. The van der Waals surface area contributed by atoms with Gasteiger partial charge in [-0.1, -0.05) is 18.3 Å². The van der Waals surface area contributed by atoms with Gasteiger partial charge in [-0.05, 0) is 32.2 Å². The van der Waals surface area contributed by atoms with Gasteiger partial charge in [0.25, 0.3) is 0 Å². The van der Waals surface area contributed by atoms with Gasteiger partial charge in [-0.2, -0.15) is 11.8 Å². The lowest BCUT2D eigenvalue weighted by Crippen LogP contribution is -2.52. The molecule has 1 aromatic rings. The molecule has 0 saturated carbocycles. The molecule has 1 N–H and O–H groups in total. The first-order valence-electron chi connectivity index (χ1n) is 6.96. The summed E-state index contributed by atoms with van der Waals surface area (Å²) in [4.78, 5) is 14.8. The summed E-state index contributed by atoms with van der Waals surface area (Å²) >= 11 is 7.07. The third-order valence-electron chi connectivity index (χ3n) is 3.19. The molecule has 0 spiro atoms. The number of amides is 1. The number of hydrogen-bond acceptors (Lipinski definition) is 5. The number of hydrogen-bond donors (Lipinski definition) is 1. The fourth-order valence-corrected chi connectivity index (χ4v) is 3.35. The van der Waals surface area contributed by atoms with E-state index in [9.17, 15) is 4.79 Å². The molecular formula is C15H20N2O3S2. The Morgan fingerprint density at radius 2 is 2.23 bits per heavy atom. The first kappa shape index (κ1) is 16.9. The Kier molecular flexibility index (Phi) is 5.52. The summed E-state index contributed by atoms with van der Waals surface area (Å²) in [5.41, 5.74) is 1.42. The summed E-state index contributed by atoms with van der Waals surface area (Å²) in [6.07, 6.45) is 1.36. The third-order valence-corrected chi connectivity index (χ3v) is 4.21. The molecule has 5 nitrogen and oxygen atoms in total. The van der Waals surface area contributed by atoms with E-state index in [0.717, 1.165) is 5.69 Å². The number of benzene rings is 1. The molecule has 120 valence electrons. The van der Waals surface area contributed by atoms with E-state index in [1.54, 1.807) is 23.8 Å². The van der Waals surface area contributed by atoms with Gasteiger partial charge in [0.15, 0.2) is 0 Å². The summed E-state index contributed by atoms with van der Waals surface area (Å²) < 4.78 is 10.8. The highest BCUT2D eigenvalue weighted by molar-refractivity contribution is 7.98. The van der Waals surface area contributed by atoms with Gasteiger partial charge in [-0.15, -0.1) is 0 Å². The minimum atomic E-state index is -0.413. The zero-order valence-corrected chi connectivity index (χ0v) is 14.7. The monoisotopic (exact) mass is 340 g/mol. The number of anilines is 2. The lowest BCUT2D eigenvalue weighted by Gasteiger charge is -2.38. The number of ether oxygens (including phenoxy) is 2. The highest BCUT2D eigenvalue weighted by atomic mass is 32.2. The smallest absolute Gasteiger partial charge is 0.415 e. The maximum Gasteiger partial charge on any atom is 0.415 e. The topological polar surface area (TPSA) is 50.8 Å². The van der Waals surface area contributed by atoms with Crippen LogP contribution in [-0.4, -0.2) is 42.3 Å². The zero-order chi connectivity index (χ0) is 16.3. The number of thioether (sulfide) groups is 1. The molecular weight excluding hydrogens is 320 g/mol. The Morgan fingerprint density at radius 3 is 2.82 bits per heavy atom. The molecule has 2 rings (SSSR count). The number of thiocarbonyl (C=S) groups is 1. The van der Waals surface area contributed by atoms with Crippen molar-refractivity contribution in [3.8, 4) is 5.75 Å². The molecule has 1 aliphatic heterocycles. The van der Waals surface area contributed by atoms with Crippen LogP contribution in [0.2, 0.25) is 0 Å². The van der Waals surface area contributed by atoms with Gasteiger partial charge in [0, 0.05) is 5.75 Å². The number of para-hydroxylation sites is 1. The molecule has 1 unspecified atom stereocenters. The quantitative estimate of drug-likeness (QED) is 0.846. The zero-order valence-electron chi connectivity index (χ0n) is 13.1. The van der Waals surface area contributed by atoms with E-state index in [1.165, 1.54) is 0 Å². The second-order valence-corrected chi connectivity index (χ2v) is 6.47. The van der Waals surface area contributed by atoms with Crippen molar-refractivity contribution in [2.45, 2.75) is 26.0 Å². The maximum absolute atomic E-state index is 12.6. The number of nitrogens with zero attached hydrogens (tertiary/aromatic N) is 1. The van der Waals surface area contributed by atoms with E-state index in [4.69, 9.17) is 21.7 Å². The van der Waals surface area contributed by atoms with Crippen molar-refractivity contribution in [2.75, 3.05) is 29.3 Å². The van der Waals surface area contributed by atoms with Crippen molar-refractivity contribution in [3.63, 3.8) is 0 Å². The summed E-state index contributed by atoms with van der Waals surface area (Å²) in [7, 11) is 1.58. The van der Waals surface area contributed by atoms with Gasteiger partial charge < -0.3 is 14.8 Å². The van der Waals surface area contributed by atoms with Crippen LogP contribution in [0.25, 0.3) is 0 Å². The van der Waals surface area contributed by atoms with Crippen molar-refractivity contribution >= 4 is 46.4 Å². The van der Waals surface area contributed by atoms with E-state index < -0.39 is 6.09 Å². The Bertz CT molecular complexity index is 578. The van der Waals surface area contributed by atoms with Crippen LogP contribution in [0.1, 0.15) is 13.8 Å². The third kappa shape index (κ3) is 3.30. The standard InChI is InChI=1S/C15H20N2O3S2/c1-9(2)20-15(18)17-11(8-22-4)14(21)16-10-6-5-7-12(19-3)13(10)17/h5-7,9,11H,8H2,1-4H3,(H,16,21). The molecule has 22 heavy (non-hydrogen) atoms. The molecule has 1 aromatic carbocycles. The largest absolute Gasteiger partial charge is 0.494 e. The summed E-state index contributed by atoms with van der Waals surface area (Å²) in [6.45, 7) is 3.65. The van der Waals surface area contributed by atoms with Gasteiger partial charge >= 0.3 is 6.09 Å². The van der Waals surface area contributed by atoms with Gasteiger partial charge in [0.2, 0.25) is 0 Å². The van der Waals surface area contributed by atoms with E-state index in [2.05, 4.69) is 5.32 Å². The summed E-state index contributed by atoms with van der Waals surface area (Å²) in [6, 6.07) is 5.28. The van der Waals surface area contributed by atoms with Gasteiger partial charge in [0.1, 0.15) is 16.4 Å². The van der Waals surface area contributed by atoms with Crippen molar-refractivity contribution in [1.82, 2.24) is 0 Å². The van der Waals surface area contributed by atoms with Crippen LogP contribution in [0, 0.1) is 0 Å². The first-order valence-corrected chi connectivity index (χ1v) is 8.76. The van der Waals surface area contributed by atoms with Gasteiger partial charge in [-0.25, -0.2) is 4.79 Å². The van der Waals surface area contributed by atoms with E-state index in [-0.39, 0.29) is 12.1 Å². The highest BCUT2D eigenvalue weighted by Gasteiger charge is 2.37. The molecule has 0 fully saturated rings. The van der Waals surface area contributed by atoms with Gasteiger partial charge in [-0.3, -0.25) is 4.90 Å². The van der Waals surface area contributed by atoms with Crippen LogP contribution in [0.4, 0.5) is 16.2 Å². The second kappa shape index (κ2) is 7.19. The first-order chi connectivity index (χ1) is 10.5. The number of rotatable bonds is 4. The normalized spacial score (nSPS) is 17.0. The van der Waals surface area contributed by atoms with Crippen LogP contribution < -0.4 is 15.0 Å². The van der Waals surface area contributed by atoms with Crippen molar-refractivity contribution < 1.29 is 14.3 Å². The molecule has 0 aliphatic carbocycles. The van der Waals surface area contributed by atoms with Crippen LogP contribution in [0.3, 0.4) is 0 Å². The van der Waals surface area contributed by atoms with Crippen molar-refractivity contribution in [1.29, 1.82) is 0 Å². The SMILES string of the molecule is COc1cccc2c1N(C(=O)OC(C)C)C(CSC)C(=S)N2. The van der Waals surface area contributed by atoms with E-state index >= 15 is 0 Å². The number of carbonyl (C=O) groups excluding carboxylic acids is 1. The van der Waals surface area contributed by atoms with E-state index in [1.807, 2.05) is 38.3 Å². The second-order valence-electron chi connectivity index (χ2n) is 5.12. The summed E-state index contributed by atoms with van der Waals surface area (Å²) in [5.74, 6) is 1.29. The number of nitrogens with one attached hydrogen (secondary N) is 1. The molecule has 1 aliphatic rings. The average molecular weight is 340 g/mol.